The van der Waals surface area contributed by atoms with Gasteiger partial charge < -0.3 is 9.64 Å². The molecule has 0 saturated carbocycles. The summed E-state index contributed by atoms with van der Waals surface area (Å²) >= 11 is 6.45. The molecule has 0 radical (unpaired) electrons. The van der Waals surface area contributed by atoms with Gasteiger partial charge in [-0.1, -0.05) is 96.5 Å². The van der Waals surface area contributed by atoms with E-state index in [-0.39, 0.29) is 28.2 Å². The Kier molecular flexibility index (Phi) is 8.31. The number of fused-ring (bicyclic) bond motifs is 1. The zero-order valence-electron chi connectivity index (χ0n) is 21.4. The van der Waals surface area contributed by atoms with Crippen molar-refractivity contribution >= 4 is 27.5 Å². The van der Waals surface area contributed by atoms with Crippen molar-refractivity contribution in [3.8, 4) is 5.75 Å². The molecule has 0 aromatic heterocycles. The number of halogens is 1. The lowest BCUT2D eigenvalue weighted by Crippen LogP contribution is -2.36. The first-order valence-electron chi connectivity index (χ1n) is 12.7. The molecular formula is C31H29ClN2O4S. The summed E-state index contributed by atoms with van der Waals surface area (Å²) in [6.07, 6.45) is 0.662. The average molecular weight is 561 g/mol. The van der Waals surface area contributed by atoms with Crippen LogP contribution >= 0.6 is 11.6 Å². The Morgan fingerprint density at radius 2 is 1.41 bits per heavy atom. The maximum Gasteiger partial charge on any atom is 0.261 e. The molecule has 39 heavy (non-hydrogen) atoms. The van der Waals surface area contributed by atoms with E-state index in [1.165, 1.54) is 28.1 Å². The summed E-state index contributed by atoms with van der Waals surface area (Å²) in [6.45, 7) is 1.36. The van der Waals surface area contributed by atoms with Crippen LogP contribution < -0.4 is 4.74 Å². The Morgan fingerprint density at radius 3 is 2.03 bits per heavy atom. The maximum atomic E-state index is 13.3. The largest absolute Gasteiger partial charge is 0.482 e. The van der Waals surface area contributed by atoms with Crippen LogP contribution in [0.2, 0.25) is 5.02 Å². The molecule has 0 N–H and O–H groups in total. The number of rotatable bonds is 9. The smallest absolute Gasteiger partial charge is 0.261 e. The number of hydrogen-bond donors (Lipinski definition) is 0. The third-order valence-electron chi connectivity index (χ3n) is 6.77. The minimum atomic E-state index is -3.74. The molecule has 0 fully saturated rings. The summed E-state index contributed by atoms with van der Waals surface area (Å²) in [5, 5.41) is 0.138. The second kappa shape index (κ2) is 12.0. The van der Waals surface area contributed by atoms with Gasteiger partial charge in [0.05, 0.1) is 9.92 Å². The van der Waals surface area contributed by atoms with Crippen LogP contribution in [0.25, 0.3) is 0 Å². The van der Waals surface area contributed by atoms with Crippen LogP contribution in [-0.4, -0.2) is 36.7 Å². The van der Waals surface area contributed by atoms with Crippen molar-refractivity contribution in [3.05, 3.63) is 130 Å². The Hall–Kier alpha value is -3.65. The lowest BCUT2D eigenvalue weighted by atomic mass is 10.0. The highest BCUT2D eigenvalue weighted by Crippen LogP contribution is 2.31. The molecule has 8 heteroatoms. The average Bonchev–Trinajstić information content (AvgIpc) is 2.96. The van der Waals surface area contributed by atoms with Crippen molar-refractivity contribution in [1.29, 1.82) is 0 Å². The molecule has 0 aliphatic carbocycles. The van der Waals surface area contributed by atoms with Crippen molar-refractivity contribution in [2.45, 2.75) is 31.0 Å². The van der Waals surface area contributed by atoms with Crippen LogP contribution in [0.3, 0.4) is 0 Å². The summed E-state index contributed by atoms with van der Waals surface area (Å²) in [5.41, 5.74) is 4.20. The van der Waals surface area contributed by atoms with E-state index in [9.17, 15) is 13.2 Å². The summed E-state index contributed by atoms with van der Waals surface area (Å²) in [5.74, 6) is 0.0507. The molecule has 4 aromatic rings. The minimum absolute atomic E-state index is 0.0975. The van der Waals surface area contributed by atoms with Crippen LogP contribution in [-0.2, 0) is 40.9 Å². The second-order valence-corrected chi connectivity index (χ2v) is 11.8. The Balaban J connectivity index is 1.27. The number of carbonyl (C=O) groups is 1. The van der Waals surface area contributed by atoms with Gasteiger partial charge in [0, 0.05) is 26.2 Å². The molecule has 0 saturated heterocycles. The van der Waals surface area contributed by atoms with Gasteiger partial charge in [0.15, 0.2) is 6.61 Å². The first kappa shape index (κ1) is 26.9. The molecule has 1 aliphatic heterocycles. The maximum absolute atomic E-state index is 13.3. The van der Waals surface area contributed by atoms with Gasteiger partial charge in [-0.15, -0.1) is 0 Å². The van der Waals surface area contributed by atoms with E-state index in [1.807, 2.05) is 84.9 Å². The SMILES string of the molecule is O=C(COc1ccc(S(=O)(=O)N2CCc3ccccc3C2)cc1Cl)N(Cc1ccccc1)Cc1ccccc1. The number of ether oxygens (including phenoxy) is 1. The van der Waals surface area contributed by atoms with Crippen LogP contribution in [0.1, 0.15) is 22.3 Å². The number of sulfonamides is 1. The predicted molar refractivity (Wildman–Crippen MR) is 152 cm³/mol. The summed E-state index contributed by atoms with van der Waals surface area (Å²) in [7, 11) is -3.74. The summed E-state index contributed by atoms with van der Waals surface area (Å²) < 4.78 is 33.9. The van der Waals surface area contributed by atoms with Crippen molar-refractivity contribution in [1.82, 2.24) is 9.21 Å². The number of amides is 1. The molecule has 1 amide bonds. The van der Waals surface area contributed by atoms with E-state index in [0.717, 1.165) is 16.7 Å². The Labute approximate surface area is 234 Å². The predicted octanol–water partition coefficient (Wildman–Crippen LogP) is 5.69. The molecule has 200 valence electrons. The second-order valence-electron chi connectivity index (χ2n) is 9.46. The van der Waals surface area contributed by atoms with Crippen LogP contribution in [0.5, 0.6) is 5.75 Å². The normalized spacial score (nSPS) is 13.5. The minimum Gasteiger partial charge on any atom is -0.482 e. The van der Waals surface area contributed by atoms with E-state index in [2.05, 4.69) is 0 Å². The van der Waals surface area contributed by atoms with Gasteiger partial charge >= 0.3 is 0 Å². The molecule has 0 spiro atoms. The first-order valence-corrected chi connectivity index (χ1v) is 14.6. The van der Waals surface area contributed by atoms with Crippen LogP contribution in [0, 0.1) is 0 Å². The van der Waals surface area contributed by atoms with Gasteiger partial charge in [0.1, 0.15) is 5.75 Å². The van der Waals surface area contributed by atoms with E-state index in [1.54, 1.807) is 4.90 Å². The zero-order chi connectivity index (χ0) is 27.2. The third kappa shape index (κ3) is 6.50. The van der Waals surface area contributed by atoms with E-state index >= 15 is 0 Å². The first-order chi connectivity index (χ1) is 18.9. The fourth-order valence-electron chi connectivity index (χ4n) is 4.65. The van der Waals surface area contributed by atoms with E-state index < -0.39 is 10.0 Å². The van der Waals surface area contributed by atoms with Gasteiger partial charge in [0.25, 0.3) is 5.91 Å². The third-order valence-corrected chi connectivity index (χ3v) is 8.91. The fraction of sp³-hybridized carbons (Fsp3) is 0.194. The monoisotopic (exact) mass is 560 g/mol. The number of nitrogens with zero attached hydrogens (tertiary/aromatic N) is 2. The van der Waals surface area contributed by atoms with E-state index in [4.69, 9.17) is 16.3 Å². The molecule has 6 nitrogen and oxygen atoms in total. The quantitative estimate of drug-likeness (QED) is 0.263. The highest BCUT2D eigenvalue weighted by Gasteiger charge is 2.29. The molecule has 0 bridgehead atoms. The molecule has 1 aliphatic rings. The van der Waals surface area contributed by atoms with Gasteiger partial charge in [-0.25, -0.2) is 8.42 Å². The van der Waals surface area contributed by atoms with Gasteiger partial charge in [-0.2, -0.15) is 4.31 Å². The lowest BCUT2D eigenvalue weighted by molar-refractivity contribution is -0.134. The van der Waals surface area contributed by atoms with Gasteiger partial charge in [0.2, 0.25) is 10.0 Å². The van der Waals surface area contributed by atoms with Crippen molar-refractivity contribution in [2.75, 3.05) is 13.2 Å². The highest BCUT2D eigenvalue weighted by atomic mass is 35.5. The van der Waals surface area contributed by atoms with E-state index in [0.29, 0.717) is 32.6 Å². The highest BCUT2D eigenvalue weighted by molar-refractivity contribution is 7.89. The molecule has 4 aromatic carbocycles. The van der Waals surface area contributed by atoms with Gasteiger partial charge in [-0.05, 0) is 46.9 Å². The van der Waals surface area contributed by atoms with Crippen LogP contribution in [0.15, 0.2) is 108 Å². The van der Waals surface area contributed by atoms with Gasteiger partial charge in [-0.3, -0.25) is 4.79 Å². The number of carbonyl (C=O) groups excluding carboxylic acids is 1. The lowest BCUT2D eigenvalue weighted by Gasteiger charge is -2.28. The number of benzene rings is 4. The molecule has 0 atom stereocenters. The molecule has 5 rings (SSSR count). The number of hydrogen-bond acceptors (Lipinski definition) is 4. The van der Waals surface area contributed by atoms with Crippen LogP contribution in [0.4, 0.5) is 0 Å². The molecule has 1 heterocycles. The summed E-state index contributed by atoms with van der Waals surface area (Å²) in [4.78, 5) is 15.1. The van der Waals surface area contributed by atoms with Crippen molar-refractivity contribution in [3.63, 3.8) is 0 Å². The summed E-state index contributed by atoms with van der Waals surface area (Å²) in [6, 6.07) is 31.8. The van der Waals surface area contributed by atoms with Crippen molar-refractivity contribution in [2.24, 2.45) is 0 Å². The topological polar surface area (TPSA) is 66.9 Å². The molecular weight excluding hydrogens is 532 g/mol. The molecule has 0 unspecified atom stereocenters. The Morgan fingerprint density at radius 1 is 0.821 bits per heavy atom. The zero-order valence-corrected chi connectivity index (χ0v) is 22.9. The fourth-order valence-corrected chi connectivity index (χ4v) is 6.40. The van der Waals surface area contributed by atoms with Crippen molar-refractivity contribution < 1.29 is 17.9 Å². The standard InChI is InChI=1S/C31H29ClN2O4S/c32-29-19-28(39(36,37)34-18-17-26-13-7-8-14-27(26)22-34)15-16-30(29)38-23-31(35)33(20-24-9-3-1-4-10-24)21-25-11-5-2-6-12-25/h1-16,19H,17-18,20-23H2. The Bertz CT molecular complexity index is 1500.